The van der Waals surface area contributed by atoms with E-state index in [9.17, 15) is 4.79 Å². The Morgan fingerprint density at radius 1 is 1.15 bits per heavy atom. The van der Waals surface area contributed by atoms with Crippen LogP contribution < -0.4 is 0 Å². The molecule has 3 aromatic rings. The molecule has 1 aliphatic heterocycles. The third kappa shape index (κ3) is 3.04. The van der Waals surface area contributed by atoms with Gasteiger partial charge in [0.2, 0.25) is 0 Å². The molecule has 0 saturated carbocycles. The molecule has 1 fully saturated rings. The topological polar surface area (TPSA) is 69.9 Å². The van der Waals surface area contributed by atoms with Gasteiger partial charge in [-0.2, -0.15) is 5.10 Å². The van der Waals surface area contributed by atoms with Crippen molar-refractivity contribution < 1.29 is 9.53 Å². The van der Waals surface area contributed by atoms with Gasteiger partial charge in [0.25, 0.3) is 0 Å². The number of benzene rings is 1. The highest BCUT2D eigenvalue weighted by Gasteiger charge is 2.25. The molecule has 4 rings (SSSR count). The molecule has 1 aliphatic rings. The maximum Gasteiger partial charge on any atom is 0.180 e. The smallest absolute Gasteiger partial charge is 0.180 e. The lowest BCUT2D eigenvalue weighted by Crippen LogP contribution is -2.26. The van der Waals surface area contributed by atoms with Crippen LogP contribution in [0.3, 0.4) is 0 Å². The number of ketones is 1. The van der Waals surface area contributed by atoms with Crippen molar-refractivity contribution in [2.75, 3.05) is 13.2 Å². The Morgan fingerprint density at radius 2 is 1.81 bits per heavy atom. The summed E-state index contributed by atoms with van der Waals surface area (Å²) in [5, 5.41) is 5.51. The van der Waals surface area contributed by atoms with Crippen LogP contribution in [0, 0.1) is 6.92 Å². The van der Waals surface area contributed by atoms with E-state index in [2.05, 4.69) is 48.8 Å². The van der Waals surface area contributed by atoms with E-state index < -0.39 is 0 Å². The first-order valence-electron chi connectivity index (χ1n) is 9.20. The Balaban J connectivity index is 1.85. The normalized spacial score (nSPS) is 15.1. The van der Waals surface area contributed by atoms with E-state index in [0.717, 1.165) is 33.4 Å². The lowest BCUT2D eigenvalue weighted by Gasteiger charge is -2.24. The van der Waals surface area contributed by atoms with Crippen LogP contribution in [-0.2, 0) is 10.3 Å². The SMILES string of the molecule is CC(=O)c1nn(C(C)(C)C)c2c(C)cc(-c3cnc(C4COC4)nc3)cc12. The van der Waals surface area contributed by atoms with E-state index in [4.69, 9.17) is 4.74 Å². The number of aromatic nitrogens is 4. The highest BCUT2D eigenvalue weighted by Crippen LogP contribution is 2.32. The molecule has 1 saturated heterocycles. The van der Waals surface area contributed by atoms with Crippen molar-refractivity contribution in [1.29, 1.82) is 0 Å². The average Bonchev–Trinajstić information content (AvgIpc) is 2.94. The van der Waals surface area contributed by atoms with Gasteiger partial charge in [0, 0.05) is 30.3 Å². The number of nitrogens with zero attached hydrogens (tertiary/aromatic N) is 4. The van der Waals surface area contributed by atoms with Crippen LogP contribution in [0.4, 0.5) is 0 Å². The first-order chi connectivity index (χ1) is 12.8. The van der Waals surface area contributed by atoms with Crippen molar-refractivity contribution in [3.05, 3.63) is 41.6 Å². The molecular formula is C21H24N4O2. The van der Waals surface area contributed by atoms with E-state index in [1.165, 1.54) is 0 Å². The maximum atomic E-state index is 12.2. The molecule has 0 amide bonds. The van der Waals surface area contributed by atoms with Gasteiger partial charge in [0.15, 0.2) is 5.78 Å². The molecule has 0 spiro atoms. The minimum atomic E-state index is -0.214. The minimum Gasteiger partial charge on any atom is -0.380 e. The summed E-state index contributed by atoms with van der Waals surface area (Å²) in [4.78, 5) is 21.2. The van der Waals surface area contributed by atoms with Gasteiger partial charge >= 0.3 is 0 Å². The molecule has 0 N–H and O–H groups in total. The lowest BCUT2D eigenvalue weighted by atomic mass is 10.00. The van der Waals surface area contributed by atoms with E-state index in [1.807, 2.05) is 23.1 Å². The second kappa shape index (κ2) is 6.23. The number of carbonyl (C=O) groups excluding carboxylic acids is 1. The van der Waals surface area contributed by atoms with Gasteiger partial charge in [0.1, 0.15) is 11.5 Å². The predicted molar refractivity (Wildman–Crippen MR) is 104 cm³/mol. The molecule has 2 aromatic heterocycles. The molecule has 27 heavy (non-hydrogen) atoms. The Hall–Kier alpha value is -2.60. The van der Waals surface area contributed by atoms with Crippen molar-refractivity contribution in [2.45, 2.75) is 46.1 Å². The molecule has 140 valence electrons. The highest BCUT2D eigenvalue weighted by atomic mass is 16.5. The summed E-state index contributed by atoms with van der Waals surface area (Å²) in [6, 6.07) is 4.14. The number of ether oxygens (including phenoxy) is 1. The van der Waals surface area contributed by atoms with Gasteiger partial charge < -0.3 is 4.74 Å². The summed E-state index contributed by atoms with van der Waals surface area (Å²) in [5.74, 6) is 1.10. The fraction of sp³-hybridized carbons (Fsp3) is 0.429. The van der Waals surface area contributed by atoms with Crippen LogP contribution in [0.25, 0.3) is 22.0 Å². The molecule has 6 nitrogen and oxygen atoms in total. The molecule has 0 unspecified atom stereocenters. The van der Waals surface area contributed by atoms with Crippen LogP contribution >= 0.6 is 0 Å². The van der Waals surface area contributed by atoms with Gasteiger partial charge in [0.05, 0.1) is 30.2 Å². The van der Waals surface area contributed by atoms with Crippen LogP contribution in [0.1, 0.15) is 55.5 Å². The van der Waals surface area contributed by atoms with Crippen molar-refractivity contribution in [3.8, 4) is 11.1 Å². The molecular weight excluding hydrogens is 340 g/mol. The Kier molecular flexibility index (Phi) is 4.11. The van der Waals surface area contributed by atoms with Crippen LogP contribution in [0.5, 0.6) is 0 Å². The molecule has 0 aliphatic carbocycles. The van der Waals surface area contributed by atoms with Crippen LogP contribution in [0.2, 0.25) is 0 Å². The average molecular weight is 364 g/mol. The number of fused-ring (bicyclic) bond motifs is 1. The molecule has 0 atom stereocenters. The number of aryl methyl sites for hydroxylation is 1. The van der Waals surface area contributed by atoms with Gasteiger partial charge in [-0.25, -0.2) is 9.97 Å². The maximum absolute atomic E-state index is 12.2. The predicted octanol–water partition coefficient (Wildman–Crippen LogP) is 3.87. The van der Waals surface area contributed by atoms with E-state index in [0.29, 0.717) is 24.8 Å². The second-order valence-electron chi connectivity index (χ2n) is 8.24. The van der Waals surface area contributed by atoms with Crippen molar-refractivity contribution in [1.82, 2.24) is 19.7 Å². The minimum absolute atomic E-state index is 0.0314. The van der Waals surface area contributed by atoms with Gasteiger partial charge in [-0.1, -0.05) is 0 Å². The summed E-state index contributed by atoms with van der Waals surface area (Å²) >= 11 is 0. The molecule has 0 radical (unpaired) electrons. The monoisotopic (exact) mass is 364 g/mol. The van der Waals surface area contributed by atoms with E-state index in [1.54, 1.807) is 6.92 Å². The summed E-state index contributed by atoms with van der Waals surface area (Å²) < 4.78 is 7.16. The highest BCUT2D eigenvalue weighted by molar-refractivity contribution is 6.06. The Bertz CT molecular complexity index is 1030. The zero-order chi connectivity index (χ0) is 19.3. The second-order valence-corrected chi connectivity index (χ2v) is 8.24. The summed E-state index contributed by atoms with van der Waals surface area (Å²) in [6.45, 7) is 11.3. The number of carbonyl (C=O) groups is 1. The zero-order valence-corrected chi connectivity index (χ0v) is 16.4. The Labute approximate surface area is 158 Å². The van der Waals surface area contributed by atoms with E-state index in [-0.39, 0.29) is 11.3 Å². The van der Waals surface area contributed by atoms with Gasteiger partial charge in [-0.3, -0.25) is 9.48 Å². The number of Topliss-reactive ketones (excluding diaryl/α,β-unsaturated/α-hetero) is 1. The lowest BCUT2D eigenvalue weighted by molar-refractivity contribution is 0.00485. The van der Waals surface area contributed by atoms with Crippen LogP contribution in [0.15, 0.2) is 24.5 Å². The standard InChI is InChI=1S/C21H24N4O2/c1-12-6-14(15-8-22-20(23-9-15)16-10-27-11-16)7-17-18(13(2)26)24-25(19(12)17)21(3,4)5/h6-9,16H,10-11H2,1-5H3. The fourth-order valence-corrected chi connectivity index (χ4v) is 3.44. The first kappa shape index (κ1) is 17.8. The zero-order valence-electron chi connectivity index (χ0n) is 16.4. The molecule has 0 bridgehead atoms. The first-order valence-corrected chi connectivity index (χ1v) is 9.20. The Morgan fingerprint density at radius 3 is 2.33 bits per heavy atom. The number of hydrogen-bond donors (Lipinski definition) is 0. The van der Waals surface area contributed by atoms with Gasteiger partial charge in [-0.15, -0.1) is 0 Å². The van der Waals surface area contributed by atoms with Crippen LogP contribution in [-0.4, -0.2) is 38.7 Å². The van der Waals surface area contributed by atoms with Crippen molar-refractivity contribution in [3.63, 3.8) is 0 Å². The summed E-state index contributed by atoms with van der Waals surface area (Å²) in [5.41, 5.74) is 4.30. The van der Waals surface area contributed by atoms with Crippen molar-refractivity contribution in [2.24, 2.45) is 0 Å². The fourth-order valence-electron chi connectivity index (χ4n) is 3.44. The summed E-state index contributed by atoms with van der Waals surface area (Å²) in [7, 11) is 0. The third-order valence-corrected chi connectivity index (χ3v) is 4.94. The number of hydrogen-bond acceptors (Lipinski definition) is 5. The number of rotatable bonds is 3. The largest absolute Gasteiger partial charge is 0.380 e. The van der Waals surface area contributed by atoms with Gasteiger partial charge in [-0.05, 0) is 51.0 Å². The van der Waals surface area contributed by atoms with E-state index >= 15 is 0 Å². The van der Waals surface area contributed by atoms with Crippen molar-refractivity contribution >= 4 is 16.7 Å². The summed E-state index contributed by atoms with van der Waals surface area (Å²) in [6.07, 6.45) is 3.70. The molecule has 6 heteroatoms. The molecule has 1 aromatic carbocycles. The third-order valence-electron chi connectivity index (χ3n) is 4.94. The quantitative estimate of drug-likeness (QED) is 0.660. The molecule has 3 heterocycles.